The molecule has 1 saturated heterocycles. The Kier molecular flexibility index (Phi) is 5.44. The largest absolute Gasteiger partial charge is 0.388 e. The smallest absolute Gasteiger partial charge is 0.0819 e. The first-order valence-electron chi connectivity index (χ1n) is 6.97. The maximum Gasteiger partial charge on any atom is 0.0819 e. The van der Waals surface area contributed by atoms with E-state index in [1.807, 2.05) is 30.3 Å². The molecule has 1 aliphatic heterocycles. The Morgan fingerprint density at radius 2 is 1.95 bits per heavy atom. The molecule has 0 spiro atoms. The van der Waals surface area contributed by atoms with Crippen LogP contribution in [0.15, 0.2) is 36.9 Å². The predicted octanol–water partition coefficient (Wildman–Crippen LogP) is 3.66. The van der Waals surface area contributed by atoms with E-state index in [0.29, 0.717) is 5.92 Å². The van der Waals surface area contributed by atoms with Crippen LogP contribution in [0.3, 0.4) is 0 Å². The second-order valence-corrected chi connectivity index (χ2v) is 5.69. The van der Waals surface area contributed by atoms with Crippen LogP contribution >= 0.6 is 11.6 Å². The summed E-state index contributed by atoms with van der Waals surface area (Å²) in [5, 5.41) is 11.1. The minimum absolute atomic E-state index is 0.362. The summed E-state index contributed by atoms with van der Waals surface area (Å²) >= 11 is 5.87. The van der Waals surface area contributed by atoms with Gasteiger partial charge in [0.15, 0.2) is 0 Å². The van der Waals surface area contributed by atoms with Gasteiger partial charge in [-0.25, -0.2) is 0 Å². The molecule has 0 bridgehead atoms. The third-order valence-corrected chi connectivity index (χ3v) is 4.19. The van der Waals surface area contributed by atoms with Gasteiger partial charge in [0.2, 0.25) is 0 Å². The highest BCUT2D eigenvalue weighted by molar-refractivity contribution is 6.30. The monoisotopic (exact) mass is 279 g/mol. The van der Waals surface area contributed by atoms with E-state index >= 15 is 0 Å². The van der Waals surface area contributed by atoms with Crippen molar-refractivity contribution in [3.63, 3.8) is 0 Å². The van der Waals surface area contributed by atoms with Gasteiger partial charge in [-0.05, 0) is 56.0 Å². The van der Waals surface area contributed by atoms with Crippen molar-refractivity contribution in [1.29, 1.82) is 0 Å². The van der Waals surface area contributed by atoms with Crippen LogP contribution in [0.25, 0.3) is 0 Å². The summed E-state index contributed by atoms with van der Waals surface area (Å²) < 4.78 is 0. The highest BCUT2D eigenvalue weighted by Crippen LogP contribution is 2.31. The van der Waals surface area contributed by atoms with Crippen molar-refractivity contribution in [1.82, 2.24) is 4.90 Å². The van der Waals surface area contributed by atoms with E-state index in [-0.39, 0.29) is 6.10 Å². The number of piperidine rings is 1. The molecule has 2 rings (SSSR count). The summed E-state index contributed by atoms with van der Waals surface area (Å²) in [7, 11) is 0. The normalized spacial score (nSPS) is 19.3. The Morgan fingerprint density at radius 1 is 1.32 bits per heavy atom. The third kappa shape index (κ3) is 4.07. The fourth-order valence-electron chi connectivity index (χ4n) is 2.70. The summed E-state index contributed by atoms with van der Waals surface area (Å²) in [6, 6.07) is 7.55. The molecule has 0 saturated carbocycles. The summed E-state index contributed by atoms with van der Waals surface area (Å²) in [5.41, 5.74) is 0.981. The molecule has 3 heteroatoms. The van der Waals surface area contributed by atoms with E-state index in [0.717, 1.165) is 49.5 Å². The predicted molar refractivity (Wildman–Crippen MR) is 80.4 cm³/mol. The van der Waals surface area contributed by atoms with Crippen LogP contribution in [0, 0.1) is 5.92 Å². The second-order valence-electron chi connectivity index (χ2n) is 5.25. The summed E-state index contributed by atoms with van der Waals surface area (Å²) in [6.07, 6.45) is 4.76. The SMILES string of the molecule is C=CCCN1CCC(C(O)c2ccc(Cl)cc2)CC1. The lowest BCUT2D eigenvalue weighted by Gasteiger charge is -2.34. The Hall–Kier alpha value is -0.830. The zero-order valence-electron chi connectivity index (χ0n) is 11.3. The summed E-state index contributed by atoms with van der Waals surface area (Å²) in [6.45, 7) is 6.99. The van der Waals surface area contributed by atoms with E-state index in [9.17, 15) is 5.11 Å². The van der Waals surface area contributed by atoms with Crippen LogP contribution < -0.4 is 0 Å². The maximum absolute atomic E-state index is 10.4. The fourth-order valence-corrected chi connectivity index (χ4v) is 2.82. The standard InChI is InChI=1S/C16H22ClNO/c1-2-3-10-18-11-8-14(9-12-18)16(19)13-4-6-15(17)7-5-13/h2,4-7,14,16,19H,1,3,8-12H2. The van der Waals surface area contributed by atoms with E-state index < -0.39 is 0 Å². The second kappa shape index (κ2) is 7.09. The van der Waals surface area contributed by atoms with Gasteiger partial charge in [0.05, 0.1) is 6.10 Å². The van der Waals surface area contributed by atoms with Crippen LogP contribution in [-0.2, 0) is 0 Å². The van der Waals surface area contributed by atoms with Gasteiger partial charge in [-0.15, -0.1) is 6.58 Å². The first-order valence-corrected chi connectivity index (χ1v) is 7.35. The van der Waals surface area contributed by atoms with Crippen LogP contribution in [0.5, 0.6) is 0 Å². The van der Waals surface area contributed by atoms with Crippen molar-refractivity contribution in [3.8, 4) is 0 Å². The van der Waals surface area contributed by atoms with E-state index in [1.165, 1.54) is 0 Å². The lowest BCUT2D eigenvalue weighted by molar-refractivity contribution is 0.0594. The molecule has 0 aliphatic carbocycles. The highest BCUT2D eigenvalue weighted by atomic mass is 35.5. The first kappa shape index (κ1) is 14.6. The van der Waals surface area contributed by atoms with Crippen molar-refractivity contribution in [2.75, 3.05) is 19.6 Å². The summed E-state index contributed by atoms with van der Waals surface area (Å²) in [4.78, 5) is 2.45. The van der Waals surface area contributed by atoms with Crippen molar-refractivity contribution in [2.45, 2.75) is 25.4 Å². The average molecular weight is 280 g/mol. The Balaban J connectivity index is 1.86. The van der Waals surface area contributed by atoms with Gasteiger partial charge in [-0.1, -0.05) is 29.8 Å². The molecule has 19 heavy (non-hydrogen) atoms. The molecule has 1 aromatic rings. The number of hydrogen-bond acceptors (Lipinski definition) is 2. The van der Waals surface area contributed by atoms with Crippen LogP contribution in [0.1, 0.15) is 30.9 Å². The number of benzene rings is 1. The fraction of sp³-hybridized carbons (Fsp3) is 0.500. The molecule has 104 valence electrons. The Labute approximate surface area is 120 Å². The minimum atomic E-state index is -0.362. The Bertz CT molecular complexity index is 396. The number of rotatable bonds is 5. The molecule has 1 heterocycles. The third-order valence-electron chi connectivity index (χ3n) is 3.94. The summed E-state index contributed by atoms with van der Waals surface area (Å²) in [5.74, 6) is 0.362. The topological polar surface area (TPSA) is 23.5 Å². The van der Waals surface area contributed by atoms with E-state index in [4.69, 9.17) is 11.6 Å². The lowest BCUT2D eigenvalue weighted by atomic mass is 9.87. The molecular weight excluding hydrogens is 258 g/mol. The highest BCUT2D eigenvalue weighted by Gasteiger charge is 2.25. The van der Waals surface area contributed by atoms with Crippen molar-refractivity contribution < 1.29 is 5.11 Å². The molecule has 1 aliphatic rings. The molecule has 1 aromatic carbocycles. The molecular formula is C16H22ClNO. The van der Waals surface area contributed by atoms with Crippen LogP contribution in [0.4, 0.5) is 0 Å². The van der Waals surface area contributed by atoms with Gasteiger partial charge in [0.1, 0.15) is 0 Å². The number of nitrogens with zero attached hydrogens (tertiary/aromatic N) is 1. The van der Waals surface area contributed by atoms with Gasteiger partial charge in [0, 0.05) is 11.6 Å². The molecule has 1 N–H and O–H groups in total. The van der Waals surface area contributed by atoms with Crippen molar-refractivity contribution in [3.05, 3.63) is 47.5 Å². The molecule has 0 radical (unpaired) electrons. The first-order chi connectivity index (χ1) is 9.20. The van der Waals surface area contributed by atoms with Gasteiger partial charge in [0.25, 0.3) is 0 Å². The molecule has 1 atom stereocenters. The molecule has 1 unspecified atom stereocenters. The van der Waals surface area contributed by atoms with Gasteiger partial charge < -0.3 is 10.0 Å². The Morgan fingerprint density at radius 3 is 2.53 bits per heavy atom. The van der Waals surface area contributed by atoms with Gasteiger partial charge in [-0.2, -0.15) is 0 Å². The van der Waals surface area contributed by atoms with E-state index in [2.05, 4.69) is 11.5 Å². The van der Waals surface area contributed by atoms with Gasteiger partial charge >= 0.3 is 0 Å². The molecule has 0 amide bonds. The van der Waals surface area contributed by atoms with Crippen molar-refractivity contribution in [2.24, 2.45) is 5.92 Å². The molecule has 2 nitrogen and oxygen atoms in total. The van der Waals surface area contributed by atoms with Crippen LogP contribution in [0.2, 0.25) is 5.02 Å². The average Bonchev–Trinajstić information content (AvgIpc) is 2.46. The number of aliphatic hydroxyl groups is 1. The van der Waals surface area contributed by atoms with Crippen LogP contribution in [-0.4, -0.2) is 29.6 Å². The number of likely N-dealkylation sites (tertiary alicyclic amines) is 1. The lowest BCUT2D eigenvalue weighted by Crippen LogP contribution is -2.36. The quantitative estimate of drug-likeness (QED) is 0.832. The van der Waals surface area contributed by atoms with Crippen molar-refractivity contribution >= 4 is 11.6 Å². The van der Waals surface area contributed by atoms with Gasteiger partial charge in [-0.3, -0.25) is 0 Å². The number of aliphatic hydroxyl groups excluding tert-OH is 1. The number of halogens is 1. The molecule has 0 aromatic heterocycles. The molecule has 1 fully saturated rings. The zero-order chi connectivity index (χ0) is 13.7. The maximum atomic E-state index is 10.4. The minimum Gasteiger partial charge on any atom is -0.388 e. The number of hydrogen-bond donors (Lipinski definition) is 1. The van der Waals surface area contributed by atoms with E-state index in [1.54, 1.807) is 0 Å². The zero-order valence-corrected chi connectivity index (χ0v) is 12.0.